The molecule has 6 rings (SSSR count). The van der Waals surface area contributed by atoms with Crippen molar-refractivity contribution in [1.29, 1.82) is 0 Å². The zero-order valence-electron chi connectivity index (χ0n) is 28.1. The molecule has 260 valence electrons. The van der Waals surface area contributed by atoms with Crippen LogP contribution in [-0.2, 0) is 34.4 Å². The third-order valence-corrected chi connectivity index (χ3v) is 9.13. The number of esters is 1. The van der Waals surface area contributed by atoms with E-state index in [2.05, 4.69) is 5.32 Å². The second-order valence-corrected chi connectivity index (χ2v) is 12.7. The zero-order valence-corrected chi connectivity index (χ0v) is 28.1. The van der Waals surface area contributed by atoms with Gasteiger partial charge in [-0.1, -0.05) is 72.8 Å². The highest BCUT2D eigenvalue weighted by atomic mass is 16.8. The highest BCUT2D eigenvalue weighted by Gasteiger charge is 2.55. The Morgan fingerprint density at radius 2 is 1.68 bits per heavy atom. The van der Waals surface area contributed by atoms with Gasteiger partial charge in [-0.15, -0.1) is 0 Å². The topological polar surface area (TPSA) is 135 Å². The molecule has 0 spiro atoms. The molecule has 3 amide bonds. The third kappa shape index (κ3) is 7.25. The Hall–Kier alpha value is -5.10. The number of nitrogens with one attached hydrogen (secondary N) is 1. The molecular formula is C39H41N3O8. The first-order chi connectivity index (χ1) is 24.2. The number of hydrogen-bond donors (Lipinski definition) is 2. The van der Waals surface area contributed by atoms with Crippen molar-refractivity contribution in [2.45, 2.75) is 49.4 Å². The first kappa shape index (κ1) is 34.8. The number of carbonyl (C=O) groups excluding carboxylic acids is 4. The van der Waals surface area contributed by atoms with Crippen LogP contribution < -0.4 is 5.32 Å². The average molecular weight is 680 g/mol. The number of amides is 3. The minimum absolute atomic E-state index is 0.0349. The van der Waals surface area contributed by atoms with E-state index in [1.165, 1.54) is 11.0 Å². The molecule has 0 saturated carbocycles. The minimum Gasteiger partial charge on any atom is -0.456 e. The molecule has 0 aromatic heterocycles. The van der Waals surface area contributed by atoms with Crippen LogP contribution in [0, 0.1) is 0 Å². The lowest BCUT2D eigenvalue weighted by molar-refractivity contribution is -0.157. The highest BCUT2D eigenvalue weighted by molar-refractivity contribution is 5.98. The first-order valence-electron chi connectivity index (χ1n) is 16.8. The summed E-state index contributed by atoms with van der Waals surface area (Å²) in [4.78, 5) is 55.9. The van der Waals surface area contributed by atoms with Gasteiger partial charge in [-0.25, -0.2) is 4.79 Å². The van der Waals surface area contributed by atoms with E-state index in [0.717, 1.165) is 11.1 Å². The van der Waals surface area contributed by atoms with E-state index in [1.807, 2.05) is 60.7 Å². The molecule has 11 heteroatoms. The van der Waals surface area contributed by atoms with Crippen LogP contribution in [0.25, 0.3) is 6.08 Å². The fourth-order valence-corrected chi connectivity index (χ4v) is 6.64. The van der Waals surface area contributed by atoms with Crippen LogP contribution in [0.15, 0.2) is 103 Å². The Kier molecular flexibility index (Phi) is 10.6. The van der Waals surface area contributed by atoms with Crippen LogP contribution in [0.4, 0.5) is 0 Å². The summed E-state index contributed by atoms with van der Waals surface area (Å²) in [5.41, 5.74) is 2.72. The van der Waals surface area contributed by atoms with Crippen molar-refractivity contribution in [3.63, 3.8) is 0 Å². The van der Waals surface area contributed by atoms with Crippen LogP contribution in [-0.4, -0.2) is 96.7 Å². The SMILES string of the molecule is CN(C)C(=O)C=Cc1cccc(C(=O)O[C@@H]2CC(C(=O)N3CCC[C@@H]3C(=O)NCCO)=C[C@H]3OC(c4ccccc4)(c4ccccc4)O[C@H]32)c1. The maximum atomic E-state index is 14.2. The van der Waals surface area contributed by atoms with Crippen molar-refractivity contribution >= 4 is 29.8 Å². The Morgan fingerprint density at radius 3 is 2.34 bits per heavy atom. The van der Waals surface area contributed by atoms with E-state index >= 15 is 0 Å². The number of likely N-dealkylation sites (tertiary alicyclic amines) is 1. The average Bonchev–Trinajstić information content (AvgIpc) is 3.80. The van der Waals surface area contributed by atoms with Crippen LogP contribution in [0.2, 0.25) is 0 Å². The number of ether oxygens (including phenoxy) is 3. The van der Waals surface area contributed by atoms with E-state index in [0.29, 0.717) is 30.5 Å². The lowest BCUT2D eigenvalue weighted by Crippen LogP contribution is -2.49. The van der Waals surface area contributed by atoms with Crippen molar-refractivity contribution in [3.8, 4) is 0 Å². The smallest absolute Gasteiger partial charge is 0.338 e. The first-order valence-corrected chi connectivity index (χ1v) is 16.8. The molecule has 0 bridgehead atoms. The van der Waals surface area contributed by atoms with Gasteiger partial charge in [0.2, 0.25) is 23.5 Å². The fourth-order valence-electron chi connectivity index (χ4n) is 6.64. The molecular weight excluding hydrogens is 638 g/mol. The number of fused-ring (bicyclic) bond motifs is 1. The molecule has 2 heterocycles. The van der Waals surface area contributed by atoms with Crippen LogP contribution >= 0.6 is 0 Å². The number of likely N-dealkylation sites (N-methyl/N-ethyl adjacent to an activating group) is 1. The number of nitrogens with zero attached hydrogens (tertiary/aromatic N) is 2. The van der Waals surface area contributed by atoms with Gasteiger partial charge < -0.3 is 34.4 Å². The second kappa shape index (κ2) is 15.2. The number of carbonyl (C=O) groups is 4. The molecule has 3 aliphatic rings. The zero-order chi connectivity index (χ0) is 35.3. The molecule has 3 aromatic rings. The number of rotatable bonds is 10. The van der Waals surface area contributed by atoms with Gasteiger partial charge in [0.05, 0.1) is 12.2 Å². The van der Waals surface area contributed by atoms with Crippen molar-refractivity contribution in [2.75, 3.05) is 33.8 Å². The highest BCUT2D eigenvalue weighted by Crippen LogP contribution is 2.47. The van der Waals surface area contributed by atoms with Crippen molar-refractivity contribution in [2.24, 2.45) is 0 Å². The second-order valence-electron chi connectivity index (χ2n) is 12.7. The maximum absolute atomic E-state index is 14.2. The van der Waals surface area contributed by atoms with E-state index in [-0.39, 0.29) is 42.9 Å². The van der Waals surface area contributed by atoms with E-state index in [4.69, 9.17) is 14.2 Å². The molecule has 50 heavy (non-hydrogen) atoms. The minimum atomic E-state index is -1.36. The van der Waals surface area contributed by atoms with Gasteiger partial charge in [0.1, 0.15) is 24.4 Å². The van der Waals surface area contributed by atoms with Gasteiger partial charge in [-0.2, -0.15) is 0 Å². The van der Waals surface area contributed by atoms with Gasteiger partial charge in [0, 0.05) is 56.4 Å². The van der Waals surface area contributed by atoms with E-state index in [9.17, 15) is 24.3 Å². The van der Waals surface area contributed by atoms with E-state index < -0.39 is 36.1 Å². The fraction of sp³-hybridized carbons (Fsp3) is 0.333. The Bertz CT molecular complexity index is 1730. The summed E-state index contributed by atoms with van der Waals surface area (Å²) in [6.45, 7) is 0.276. The molecule has 2 fully saturated rings. The number of hydrogen-bond acceptors (Lipinski definition) is 8. The molecule has 1 aliphatic carbocycles. The third-order valence-electron chi connectivity index (χ3n) is 9.13. The van der Waals surface area contributed by atoms with Crippen molar-refractivity contribution in [3.05, 3.63) is 125 Å². The summed E-state index contributed by atoms with van der Waals surface area (Å²) in [7, 11) is 3.31. The Labute approximate surface area is 291 Å². The van der Waals surface area contributed by atoms with Gasteiger partial charge in [0.25, 0.3) is 0 Å². The number of aliphatic hydroxyl groups excluding tert-OH is 1. The summed E-state index contributed by atoms with van der Waals surface area (Å²) in [6.07, 6.45) is 3.48. The van der Waals surface area contributed by atoms with Gasteiger partial charge >= 0.3 is 5.97 Å². The van der Waals surface area contributed by atoms with Gasteiger partial charge in [0.15, 0.2) is 0 Å². The summed E-state index contributed by atoms with van der Waals surface area (Å²) >= 11 is 0. The normalized spacial score (nSPS) is 22.5. The molecule has 4 atom stereocenters. The molecule has 0 unspecified atom stereocenters. The van der Waals surface area contributed by atoms with Crippen LogP contribution in [0.1, 0.15) is 46.3 Å². The summed E-state index contributed by atoms with van der Waals surface area (Å²) in [6, 6.07) is 25.0. The van der Waals surface area contributed by atoms with Crippen molar-refractivity contribution < 1.29 is 38.5 Å². The van der Waals surface area contributed by atoms with Crippen molar-refractivity contribution in [1.82, 2.24) is 15.1 Å². The molecule has 0 radical (unpaired) electrons. The lowest BCUT2D eigenvalue weighted by Gasteiger charge is -2.33. The standard InChI is InChI=1S/C39H41N3O8/c1-41(2)34(44)19-18-26-11-9-12-27(23-26)38(47)48-32-24-28(37(46)42-21-10-17-31(42)36(45)40-20-22-43)25-33-35(32)50-39(49-33,29-13-5-3-6-14-29)30-15-7-4-8-16-30/h3-9,11-16,18-19,23,25,31-33,35,43H,10,17,20-22,24H2,1-2H3,(H,40,45)/t31-,32-,33-,35+/m1/s1. The largest absolute Gasteiger partial charge is 0.456 e. The monoisotopic (exact) mass is 679 g/mol. The molecule has 2 aliphatic heterocycles. The quantitative estimate of drug-likeness (QED) is 0.246. The summed E-state index contributed by atoms with van der Waals surface area (Å²) < 4.78 is 19.8. The predicted octanol–water partition coefficient (Wildman–Crippen LogP) is 3.43. The lowest BCUT2D eigenvalue weighted by atomic mass is 9.91. The van der Waals surface area contributed by atoms with Crippen LogP contribution in [0.3, 0.4) is 0 Å². The van der Waals surface area contributed by atoms with Gasteiger partial charge in [-0.05, 0) is 42.7 Å². The summed E-state index contributed by atoms with van der Waals surface area (Å²) in [5.74, 6) is -2.85. The number of benzene rings is 3. The molecule has 2 N–H and O–H groups in total. The number of aliphatic hydroxyl groups is 1. The molecule has 11 nitrogen and oxygen atoms in total. The molecule has 2 saturated heterocycles. The Morgan fingerprint density at radius 1 is 0.980 bits per heavy atom. The maximum Gasteiger partial charge on any atom is 0.338 e. The Balaban J connectivity index is 1.33. The van der Waals surface area contributed by atoms with E-state index in [1.54, 1.807) is 55.4 Å². The summed E-state index contributed by atoms with van der Waals surface area (Å²) in [5, 5.41) is 11.9. The molecule has 3 aromatic carbocycles. The van der Waals surface area contributed by atoms with Crippen LogP contribution in [0.5, 0.6) is 0 Å². The van der Waals surface area contributed by atoms with Gasteiger partial charge in [-0.3, -0.25) is 14.4 Å². The predicted molar refractivity (Wildman–Crippen MR) is 184 cm³/mol.